The number of esters is 1. The zero-order valence-electron chi connectivity index (χ0n) is 9.30. The maximum Gasteiger partial charge on any atom is 0.311 e. The Balaban J connectivity index is 2.54. The molecule has 1 unspecified atom stereocenters. The molecule has 0 spiro atoms. The van der Waals surface area contributed by atoms with Gasteiger partial charge in [0.15, 0.2) is 0 Å². The monoisotopic (exact) mass is 222 g/mol. The molecule has 0 bridgehead atoms. The third kappa shape index (κ3) is 3.38. The normalized spacial score (nSPS) is 11.6. The zero-order chi connectivity index (χ0) is 12.0. The Labute approximate surface area is 94.2 Å². The van der Waals surface area contributed by atoms with E-state index in [2.05, 4.69) is 4.74 Å². The lowest BCUT2D eigenvalue weighted by Gasteiger charge is -2.11. The van der Waals surface area contributed by atoms with Crippen LogP contribution < -0.4 is 4.74 Å². The van der Waals surface area contributed by atoms with Crippen molar-refractivity contribution in [2.24, 2.45) is 5.92 Å². The van der Waals surface area contributed by atoms with Crippen LogP contribution in [0.15, 0.2) is 24.3 Å². The van der Waals surface area contributed by atoms with Gasteiger partial charge in [-0.3, -0.25) is 9.59 Å². The number of hydrogen-bond donors (Lipinski definition) is 0. The number of carbonyl (C=O) groups is 2. The van der Waals surface area contributed by atoms with E-state index in [0.717, 1.165) is 6.29 Å². The van der Waals surface area contributed by atoms with Crippen LogP contribution in [0.4, 0.5) is 0 Å². The molecule has 0 saturated heterocycles. The van der Waals surface area contributed by atoms with E-state index in [9.17, 15) is 9.59 Å². The first kappa shape index (κ1) is 12.2. The van der Waals surface area contributed by atoms with Crippen LogP contribution in [-0.4, -0.2) is 26.0 Å². The lowest BCUT2D eigenvalue weighted by Crippen LogP contribution is -2.19. The van der Waals surface area contributed by atoms with Crippen molar-refractivity contribution < 1.29 is 19.1 Å². The van der Waals surface area contributed by atoms with E-state index in [-0.39, 0.29) is 18.5 Å². The molecule has 0 fully saturated rings. The molecule has 0 aliphatic heterocycles. The molecule has 0 aliphatic carbocycles. The summed E-state index contributed by atoms with van der Waals surface area (Å²) < 4.78 is 9.94. The fraction of sp³-hybridized carbons (Fsp3) is 0.333. The van der Waals surface area contributed by atoms with Crippen LogP contribution >= 0.6 is 0 Å². The van der Waals surface area contributed by atoms with Gasteiger partial charge in [-0.15, -0.1) is 0 Å². The molecule has 1 rings (SSSR count). The molecular weight excluding hydrogens is 208 g/mol. The third-order valence-corrected chi connectivity index (χ3v) is 2.10. The number of carbonyl (C=O) groups excluding carboxylic acids is 2. The van der Waals surface area contributed by atoms with Crippen molar-refractivity contribution >= 4 is 12.3 Å². The summed E-state index contributed by atoms with van der Waals surface area (Å²) >= 11 is 0. The number of hydrogen-bond acceptors (Lipinski definition) is 4. The molecule has 1 aromatic rings. The van der Waals surface area contributed by atoms with Gasteiger partial charge in [0.1, 0.15) is 18.6 Å². The first-order chi connectivity index (χ1) is 7.67. The molecule has 0 aliphatic rings. The quantitative estimate of drug-likeness (QED) is 0.562. The fourth-order valence-corrected chi connectivity index (χ4v) is 1.17. The van der Waals surface area contributed by atoms with Crippen molar-refractivity contribution in [2.75, 3.05) is 13.7 Å². The number of benzene rings is 1. The van der Waals surface area contributed by atoms with E-state index in [1.807, 2.05) is 0 Å². The summed E-state index contributed by atoms with van der Waals surface area (Å²) in [7, 11) is 1.34. The number of ether oxygens (including phenoxy) is 2. The molecule has 0 amide bonds. The number of rotatable bonds is 5. The highest BCUT2D eigenvalue weighted by molar-refractivity contribution is 5.75. The van der Waals surface area contributed by atoms with E-state index in [1.54, 1.807) is 31.2 Å². The van der Waals surface area contributed by atoms with Gasteiger partial charge in [0.2, 0.25) is 0 Å². The minimum atomic E-state index is -0.329. The maximum atomic E-state index is 11.1. The Kier molecular flexibility index (Phi) is 4.51. The van der Waals surface area contributed by atoms with Crippen LogP contribution in [0.25, 0.3) is 0 Å². The molecule has 1 aromatic carbocycles. The summed E-state index contributed by atoms with van der Waals surface area (Å²) in [6.45, 7) is 1.95. The summed E-state index contributed by atoms with van der Waals surface area (Å²) in [5.41, 5.74) is 0.545. The van der Waals surface area contributed by atoms with Crippen LogP contribution in [0.5, 0.6) is 5.75 Å². The second-order valence-electron chi connectivity index (χ2n) is 3.43. The van der Waals surface area contributed by atoms with Crippen LogP contribution in [0, 0.1) is 5.92 Å². The van der Waals surface area contributed by atoms with Gasteiger partial charge in [-0.1, -0.05) is 12.1 Å². The van der Waals surface area contributed by atoms with Gasteiger partial charge in [0.25, 0.3) is 0 Å². The molecule has 0 aromatic heterocycles. The van der Waals surface area contributed by atoms with E-state index in [1.165, 1.54) is 7.11 Å². The Hall–Kier alpha value is -1.84. The molecule has 0 saturated carbocycles. The van der Waals surface area contributed by atoms with E-state index in [0.29, 0.717) is 11.3 Å². The lowest BCUT2D eigenvalue weighted by molar-refractivity contribution is -0.145. The molecule has 16 heavy (non-hydrogen) atoms. The summed E-state index contributed by atoms with van der Waals surface area (Å²) in [5, 5.41) is 0. The van der Waals surface area contributed by atoms with Crippen LogP contribution in [-0.2, 0) is 9.53 Å². The van der Waals surface area contributed by atoms with E-state index < -0.39 is 0 Å². The highest BCUT2D eigenvalue weighted by Gasteiger charge is 2.13. The summed E-state index contributed by atoms with van der Waals surface area (Å²) in [5.74, 6) is -0.0724. The smallest absolute Gasteiger partial charge is 0.311 e. The number of methoxy groups -OCH3 is 1. The molecular formula is C12H14O4. The average molecular weight is 222 g/mol. The van der Waals surface area contributed by atoms with Gasteiger partial charge in [0.05, 0.1) is 13.0 Å². The Bertz CT molecular complexity index is 373. The fourth-order valence-electron chi connectivity index (χ4n) is 1.17. The Morgan fingerprint density at radius 1 is 1.50 bits per heavy atom. The largest absolute Gasteiger partial charge is 0.493 e. The number of aldehydes is 1. The molecule has 0 heterocycles. The Morgan fingerprint density at radius 2 is 2.25 bits per heavy atom. The van der Waals surface area contributed by atoms with Gasteiger partial charge in [-0.05, 0) is 19.1 Å². The van der Waals surface area contributed by atoms with Crippen molar-refractivity contribution in [3.05, 3.63) is 29.8 Å². The molecule has 1 atom stereocenters. The van der Waals surface area contributed by atoms with Gasteiger partial charge < -0.3 is 9.47 Å². The first-order valence-electron chi connectivity index (χ1n) is 4.93. The van der Waals surface area contributed by atoms with Crippen LogP contribution in [0.1, 0.15) is 17.3 Å². The highest BCUT2D eigenvalue weighted by atomic mass is 16.5. The molecule has 0 radical (unpaired) electrons. The standard InChI is InChI=1S/C12H14O4/c1-9(12(14)15-2)8-16-11-5-3-4-10(6-11)7-13/h3-7,9H,8H2,1-2H3. The van der Waals surface area contributed by atoms with Gasteiger partial charge >= 0.3 is 5.97 Å². The van der Waals surface area contributed by atoms with Gasteiger partial charge in [0, 0.05) is 5.56 Å². The SMILES string of the molecule is COC(=O)C(C)COc1cccc(C=O)c1. The van der Waals surface area contributed by atoms with Crippen molar-refractivity contribution in [3.8, 4) is 5.75 Å². The maximum absolute atomic E-state index is 11.1. The second kappa shape index (κ2) is 5.90. The Morgan fingerprint density at radius 3 is 2.88 bits per heavy atom. The second-order valence-corrected chi connectivity index (χ2v) is 3.43. The van der Waals surface area contributed by atoms with E-state index in [4.69, 9.17) is 4.74 Å². The van der Waals surface area contributed by atoms with Gasteiger partial charge in [-0.25, -0.2) is 0 Å². The minimum Gasteiger partial charge on any atom is -0.493 e. The van der Waals surface area contributed by atoms with E-state index >= 15 is 0 Å². The van der Waals surface area contributed by atoms with Crippen LogP contribution in [0.2, 0.25) is 0 Å². The van der Waals surface area contributed by atoms with Crippen LogP contribution in [0.3, 0.4) is 0 Å². The molecule has 4 heteroatoms. The lowest BCUT2D eigenvalue weighted by atomic mass is 10.2. The molecule has 86 valence electrons. The first-order valence-corrected chi connectivity index (χ1v) is 4.93. The summed E-state index contributed by atoms with van der Waals surface area (Å²) in [4.78, 5) is 21.6. The van der Waals surface area contributed by atoms with Crippen molar-refractivity contribution in [1.29, 1.82) is 0 Å². The third-order valence-electron chi connectivity index (χ3n) is 2.10. The van der Waals surface area contributed by atoms with Crippen molar-refractivity contribution in [3.63, 3.8) is 0 Å². The summed E-state index contributed by atoms with van der Waals surface area (Å²) in [6.07, 6.45) is 0.747. The topological polar surface area (TPSA) is 52.6 Å². The average Bonchev–Trinajstić information content (AvgIpc) is 2.35. The highest BCUT2D eigenvalue weighted by Crippen LogP contribution is 2.13. The molecule has 4 nitrogen and oxygen atoms in total. The van der Waals surface area contributed by atoms with Crippen molar-refractivity contribution in [1.82, 2.24) is 0 Å². The molecule has 0 N–H and O–H groups in total. The zero-order valence-corrected chi connectivity index (χ0v) is 9.30. The predicted molar refractivity (Wildman–Crippen MR) is 58.5 cm³/mol. The predicted octanol–water partition coefficient (Wildman–Crippen LogP) is 1.69. The van der Waals surface area contributed by atoms with Gasteiger partial charge in [-0.2, -0.15) is 0 Å². The minimum absolute atomic E-state index is 0.231. The summed E-state index contributed by atoms with van der Waals surface area (Å²) in [6, 6.07) is 6.76. The van der Waals surface area contributed by atoms with Crippen molar-refractivity contribution in [2.45, 2.75) is 6.92 Å².